The molecule has 2 N–H and O–H groups in total. The van der Waals surface area contributed by atoms with Gasteiger partial charge in [0.25, 0.3) is 0 Å². The van der Waals surface area contributed by atoms with Crippen molar-refractivity contribution in [3.05, 3.63) is 42.1 Å². The number of nitrogens with one attached hydrogen (secondary N) is 1. The molecule has 0 spiro atoms. The van der Waals surface area contributed by atoms with Crippen LogP contribution in [0, 0.1) is 11.8 Å². The molecule has 1 aliphatic carbocycles. The van der Waals surface area contributed by atoms with E-state index in [1.54, 1.807) is 0 Å². The Morgan fingerprint density at radius 2 is 2.00 bits per heavy atom. The Labute approximate surface area is 143 Å². The predicted octanol–water partition coefficient (Wildman–Crippen LogP) is 3.60. The van der Waals surface area contributed by atoms with Crippen molar-refractivity contribution >= 4 is 16.8 Å². The zero-order valence-corrected chi connectivity index (χ0v) is 14.4. The summed E-state index contributed by atoms with van der Waals surface area (Å²) in [7, 11) is 0. The van der Waals surface area contributed by atoms with Gasteiger partial charge in [-0.05, 0) is 49.3 Å². The summed E-state index contributed by atoms with van der Waals surface area (Å²) in [6, 6.07) is 10.1. The Morgan fingerprint density at radius 3 is 2.67 bits per heavy atom. The van der Waals surface area contributed by atoms with E-state index in [9.17, 15) is 9.90 Å². The van der Waals surface area contributed by atoms with Crippen LogP contribution in [0.2, 0.25) is 0 Å². The van der Waals surface area contributed by atoms with Crippen molar-refractivity contribution in [1.82, 2.24) is 10.3 Å². The molecule has 24 heavy (non-hydrogen) atoms. The van der Waals surface area contributed by atoms with E-state index < -0.39 is 0 Å². The van der Waals surface area contributed by atoms with Crippen molar-refractivity contribution < 1.29 is 9.90 Å². The van der Waals surface area contributed by atoms with Crippen LogP contribution in [0.4, 0.5) is 0 Å². The molecule has 0 saturated heterocycles. The Bertz CT molecular complexity index is 706. The highest BCUT2D eigenvalue weighted by Gasteiger charge is 2.36. The number of fused-ring (bicyclic) bond motifs is 1. The van der Waals surface area contributed by atoms with Gasteiger partial charge in [-0.25, -0.2) is 0 Å². The summed E-state index contributed by atoms with van der Waals surface area (Å²) in [4.78, 5) is 17.1. The first-order valence-electron chi connectivity index (χ1n) is 8.95. The summed E-state index contributed by atoms with van der Waals surface area (Å²) in [6.07, 6.45) is 4.79. The summed E-state index contributed by atoms with van der Waals surface area (Å²) < 4.78 is 0. The fraction of sp³-hybridized carbons (Fsp3) is 0.500. The number of aromatic nitrogens is 1. The number of hydrogen-bond acceptors (Lipinski definition) is 3. The van der Waals surface area contributed by atoms with Gasteiger partial charge in [0.15, 0.2) is 0 Å². The third-order valence-corrected chi connectivity index (χ3v) is 5.25. The first kappa shape index (κ1) is 16.9. The van der Waals surface area contributed by atoms with E-state index in [1.807, 2.05) is 44.3 Å². The normalized spacial score (nSPS) is 21.5. The standard InChI is InChI=1S/C20H26N2O2/c1-3-13(4-2)20(24)22-19(15-10-17(23)11-15)16-9-14-7-5-6-8-18(14)21-12-16/h5-9,12-13,15,17,19,23H,3-4,10-11H2,1-2H3,(H,22,24)/t15?,17?,19-/m1/s1. The highest BCUT2D eigenvalue weighted by atomic mass is 16.3. The summed E-state index contributed by atoms with van der Waals surface area (Å²) in [5.74, 6) is 0.437. The zero-order chi connectivity index (χ0) is 17.1. The van der Waals surface area contributed by atoms with E-state index >= 15 is 0 Å². The second-order valence-corrected chi connectivity index (χ2v) is 6.85. The van der Waals surface area contributed by atoms with Gasteiger partial charge in [0.1, 0.15) is 0 Å². The molecule has 1 amide bonds. The fourth-order valence-corrected chi connectivity index (χ4v) is 3.56. The monoisotopic (exact) mass is 326 g/mol. The Balaban J connectivity index is 1.87. The average Bonchev–Trinajstić information content (AvgIpc) is 2.58. The maximum atomic E-state index is 12.6. The van der Waals surface area contributed by atoms with Crippen molar-refractivity contribution in [1.29, 1.82) is 0 Å². The number of aliphatic hydroxyl groups excluding tert-OH is 1. The van der Waals surface area contributed by atoms with E-state index in [-0.39, 0.29) is 29.9 Å². The number of carbonyl (C=O) groups is 1. The van der Waals surface area contributed by atoms with Gasteiger partial charge >= 0.3 is 0 Å². The van der Waals surface area contributed by atoms with Gasteiger partial charge in [0.2, 0.25) is 5.91 Å². The molecule has 0 bridgehead atoms. The minimum atomic E-state index is -0.240. The number of hydrogen-bond donors (Lipinski definition) is 2. The quantitative estimate of drug-likeness (QED) is 0.852. The molecule has 1 fully saturated rings. The van der Waals surface area contributed by atoms with E-state index in [4.69, 9.17) is 0 Å². The van der Waals surface area contributed by atoms with Crippen LogP contribution in [0.1, 0.15) is 51.1 Å². The Morgan fingerprint density at radius 1 is 1.29 bits per heavy atom. The fourth-order valence-electron chi connectivity index (χ4n) is 3.56. The van der Waals surface area contributed by atoms with Gasteiger partial charge in [0.05, 0.1) is 17.7 Å². The molecule has 1 heterocycles. The van der Waals surface area contributed by atoms with Gasteiger partial charge in [0, 0.05) is 17.5 Å². The Hall–Kier alpha value is -1.94. The molecule has 4 heteroatoms. The van der Waals surface area contributed by atoms with Crippen LogP contribution in [0.5, 0.6) is 0 Å². The highest BCUT2D eigenvalue weighted by molar-refractivity contribution is 5.80. The largest absolute Gasteiger partial charge is 0.393 e. The third-order valence-electron chi connectivity index (χ3n) is 5.25. The van der Waals surface area contributed by atoms with Crippen LogP contribution in [0.15, 0.2) is 36.5 Å². The highest BCUT2D eigenvalue weighted by Crippen LogP contribution is 2.38. The molecule has 0 aliphatic heterocycles. The molecule has 1 aromatic heterocycles. The minimum absolute atomic E-state index is 0.0471. The average molecular weight is 326 g/mol. The first-order chi connectivity index (χ1) is 11.6. The van der Waals surface area contributed by atoms with Crippen molar-refractivity contribution in [3.63, 3.8) is 0 Å². The summed E-state index contributed by atoms with van der Waals surface area (Å²) in [5, 5.41) is 14.0. The van der Waals surface area contributed by atoms with Crippen LogP contribution in [-0.4, -0.2) is 22.1 Å². The summed E-state index contributed by atoms with van der Waals surface area (Å²) in [5.41, 5.74) is 1.99. The molecule has 1 aromatic carbocycles. The maximum absolute atomic E-state index is 12.6. The number of benzene rings is 1. The number of rotatable bonds is 6. The smallest absolute Gasteiger partial charge is 0.223 e. The lowest BCUT2D eigenvalue weighted by molar-refractivity contribution is -0.127. The van der Waals surface area contributed by atoms with Gasteiger partial charge in [-0.2, -0.15) is 0 Å². The van der Waals surface area contributed by atoms with Crippen LogP contribution in [-0.2, 0) is 4.79 Å². The lowest BCUT2D eigenvalue weighted by Gasteiger charge is -2.38. The van der Waals surface area contributed by atoms with Gasteiger partial charge < -0.3 is 10.4 Å². The summed E-state index contributed by atoms with van der Waals surface area (Å²) in [6.45, 7) is 4.10. The van der Waals surface area contributed by atoms with Crippen molar-refractivity contribution in [2.24, 2.45) is 11.8 Å². The molecule has 4 nitrogen and oxygen atoms in total. The number of aliphatic hydroxyl groups is 1. The van der Waals surface area contributed by atoms with Gasteiger partial charge in [-0.1, -0.05) is 32.0 Å². The molecule has 3 rings (SSSR count). The second kappa shape index (κ2) is 7.31. The van der Waals surface area contributed by atoms with Crippen LogP contribution >= 0.6 is 0 Å². The lowest BCUT2D eigenvalue weighted by Crippen LogP contribution is -2.43. The molecule has 1 atom stereocenters. The molecular weight excluding hydrogens is 300 g/mol. The second-order valence-electron chi connectivity index (χ2n) is 6.85. The predicted molar refractivity (Wildman–Crippen MR) is 95.4 cm³/mol. The van der Waals surface area contributed by atoms with E-state index in [0.717, 1.165) is 42.1 Å². The van der Waals surface area contributed by atoms with Crippen molar-refractivity contribution in [2.45, 2.75) is 51.7 Å². The summed E-state index contributed by atoms with van der Waals surface area (Å²) >= 11 is 0. The molecule has 2 aromatic rings. The molecule has 0 unspecified atom stereocenters. The maximum Gasteiger partial charge on any atom is 0.223 e. The van der Waals surface area contributed by atoms with E-state index in [1.165, 1.54) is 0 Å². The lowest BCUT2D eigenvalue weighted by atomic mass is 9.75. The number of para-hydroxylation sites is 1. The van der Waals surface area contributed by atoms with E-state index in [0.29, 0.717) is 0 Å². The SMILES string of the molecule is CCC(CC)C(=O)N[C@@H](c1cnc2ccccc2c1)C1CC(O)C1. The molecule has 1 saturated carbocycles. The van der Waals surface area contributed by atoms with Crippen molar-refractivity contribution in [3.8, 4) is 0 Å². The van der Waals surface area contributed by atoms with Crippen molar-refractivity contribution in [2.75, 3.05) is 0 Å². The van der Waals surface area contributed by atoms with E-state index in [2.05, 4.69) is 16.4 Å². The molecule has 0 radical (unpaired) electrons. The molecule has 128 valence electrons. The third kappa shape index (κ3) is 3.44. The number of amides is 1. The minimum Gasteiger partial charge on any atom is -0.393 e. The zero-order valence-electron chi connectivity index (χ0n) is 14.4. The van der Waals surface area contributed by atoms with Gasteiger partial charge in [-0.3, -0.25) is 9.78 Å². The Kier molecular flexibility index (Phi) is 5.14. The number of carbonyl (C=O) groups excluding carboxylic acids is 1. The molecule has 1 aliphatic rings. The molecular formula is C20H26N2O2. The number of nitrogens with zero attached hydrogens (tertiary/aromatic N) is 1. The van der Waals surface area contributed by atoms with Gasteiger partial charge in [-0.15, -0.1) is 0 Å². The van der Waals surface area contributed by atoms with Crippen LogP contribution < -0.4 is 5.32 Å². The first-order valence-corrected chi connectivity index (χ1v) is 8.95. The topological polar surface area (TPSA) is 62.2 Å². The number of pyridine rings is 1. The van der Waals surface area contributed by atoms with Crippen LogP contribution in [0.3, 0.4) is 0 Å². The van der Waals surface area contributed by atoms with Crippen LogP contribution in [0.25, 0.3) is 10.9 Å².